The largest absolute Gasteiger partial charge is 0.340 e. The molecule has 1 aromatic heterocycles. The first kappa shape index (κ1) is 27.0. The van der Waals surface area contributed by atoms with E-state index in [1.807, 2.05) is 12.5 Å². The van der Waals surface area contributed by atoms with Gasteiger partial charge in [-0.1, -0.05) is 182 Å². The Morgan fingerprint density at radius 1 is 0.692 bits per heavy atom. The van der Waals surface area contributed by atoms with E-state index >= 15 is 0 Å². The molecule has 5 aromatic rings. The monoisotopic (exact) mass is 526 g/mol. The molecule has 4 aromatic carbocycles. The van der Waals surface area contributed by atoms with E-state index in [0.29, 0.717) is 6.71 Å². The van der Waals surface area contributed by atoms with E-state index in [1.165, 1.54) is 34.1 Å². The molecule has 0 radical (unpaired) electrons. The molecule has 1 saturated carbocycles. The smallest absolute Gasteiger partial charge is 0.212 e. The first-order valence-corrected chi connectivity index (χ1v) is 16.4. The molecular weight excluding hydrogens is 487 g/mol. The van der Waals surface area contributed by atoms with Crippen LogP contribution >= 0.6 is 0 Å². The van der Waals surface area contributed by atoms with Crippen molar-refractivity contribution in [3.63, 3.8) is 0 Å². The van der Waals surface area contributed by atoms with Gasteiger partial charge in [0.2, 0.25) is 6.71 Å². The maximum absolute atomic E-state index is 4.26. The fourth-order valence-electron chi connectivity index (χ4n) is 6.04. The summed E-state index contributed by atoms with van der Waals surface area (Å²) in [6.07, 6.45) is 9.67. The van der Waals surface area contributed by atoms with E-state index < -0.39 is 8.07 Å². The van der Waals surface area contributed by atoms with Crippen LogP contribution in [0, 0.1) is 0 Å². The molecule has 1 heterocycles. The van der Waals surface area contributed by atoms with Crippen LogP contribution in [-0.4, -0.2) is 24.3 Å². The van der Waals surface area contributed by atoms with Gasteiger partial charge in [0, 0.05) is 18.6 Å². The van der Waals surface area contributed by atoms with Crippen LogP contribution in [0.5, 0.6) is 0 Å². The molecule has 6 rings (SSSR count). The number of benzene rings is 4. The standard InChI is InChI=1S/C20H24N2Si.C15H15B/c1-20(2,3)23(17-22-15-14-21-16-22,18-10-6-4-7-11-18)19-12-8-5-9-13-19;1-3-7-13(8-4-1)16(15-11-12-15)14-9-5-2-6-10-14/h4-16H,17H2,1-3H3;1-10,15H,11-12H2. The zero-order valence-electron chi connectivity index (χ0n) is 23.4. The molecule has 0 amide bonds. The topological polar surface area (TPSA) is 17.8 Å². The van der Waals surface area contributed by atoms with Crippen LogP contribution in [0.4, 0.5) is 0 Å². The second-order valence-electron chi connectivity index (χ2n) is 11.8. The summed E-state index contributed by atoms with van der Waals surface area (Å²) >= 11 is 0. The Morgan fingerprint density at radius 2 is 1.13 bits per heavy atom. The molecule has 1 fully saturated rings. The molecule has 0 N–H and O–H groups in total. The first-order valence-electron chi connectivity index (χ1n) is 14.2. The minimum Gasteiger partial charge on any atom is -0.340 e. The van der Waals surface area contributed by atoms with Gasteiger partial charge in [0.1, 0.15) is 8.07 Å². The summed E-state index contributed by atoms with van der Waals surface area (Å²) in [6, 6.07) is 43.9. The van der Waals surface area contributed by atoms with E-state index in [9.17, 15) is 0 Å². The molecule has 4 heteroatoms. The Kier molecular flexibility index (Phi) is 8.33. The quantitative estimate of drug-likeness (QED) is 0.240. The number of hydrogen-bond donors (Lipinski definition) is 0. The number of rotatable bonds is 7. The minimum atomic E-state index is -2.03. The van der Waals surface area contributed by atoms with Crippen molar-refractivity contribution in [1.29, 1.82) is 0 Å². The van der Waals surface area contributed by atoms with Crippen molar-refractivity contribution in [3.8, 4) is 0 Å². The Bertz CT molecular complexity index is 1320. The summed E-state index contributed by atoms with van der Waals surface area (Å²) in [7, 11) is -2.03. The van der Waals surface area contributed by atoms with Gasteiger partial charge in [-0.3, -0.25) is 0 Å². The zero-order chi connectivity index (χ0) is 27.1. The van der Waals surface area contributed by atoms with Gasteiger partial charge in [-0.25, -0.2) is 4.98 Å². The fraction of sp³-hybridized carbons (Fsp3) is 0.229. The summed E-state index contributed by atoms with van der Waals surface area (Å²) in [6.45, 7) is 7.77. The van der Waals surface area contributed by atoms with Crippen molar-refractivity contribution in [1.82, 2.24) is 9.55 Å². The van der Waals surface area contributed by atoms with Gasteiger partial charge in [-0.05, 0) is 5.04 Å². The number of nitrogens with zero attached hydrogens (tertiary/aromatic N) is 2. The van der Waals surface area contributed by atoms with Crippen molar-refractivity contribution in [3.05, 3.63) is 140 Å². The zero-order valence-corrected chi connectivity index (χ0v) is 24.4. The van der Waals surface area contributed by atoms with E-state index in [0.717, 1.165) is 12.0 Å². The van der Waals surface area contributed by atoms with Gasteiger partial charge < -0.3 is 4.57 Å². The fourth-order valence-corrected chi connectivity index (χ4v) is 11.2. The second-order valence-corrected chi connectivity index (χ2v) is 16.5. The van der Waals surface area contributed by atoms with Crippen LogP contribution in [0.25, 0.3) is 0 Å². The van der Waals surface area contributed by atoms with Crippen LogP contribution in [0.15, 0.2) is 140 Å². The van der Waals surface area contributed by atoms with Gasteiger partial charge in [0.25, 0.3) is 0 Å². The summed E-state index contributed by atoms with van der Waals surface area (Å²) in [4.78, 5) is 4.26. The minimum absolute atomic E-state index is 0.181. The molecule has 0 unspecified atom stereocenters. The Hall–Kier alpha value is -3.63. The lowest BCUT2D eigenvalue weighted by Gasteiger charge is -2.44. The van der Waals surface area contributed by atoms with E-state index in [1.54, 1.807) is 0 Å². The summed E-state index contributed by atoms with van der Waals surface area (Å²) in [5, 5.41) is 3.14. The highest BCUT2D eigenvalue weighted by Crippen LogP contribution is 2.39. The highest BCUT2D eigenvalue weighted by Gasteiger charge is 2.47. The van der Waals surface area contributed by atoms with Crippen LogP contribution in [0.3, 0.4) is 0 Å². The highest BCUT2D eigenvalue weighted by atomic mass is 28.3. The lowest BCUT2D eigenvalue weighted by Crippen LogP contribution is -2.67. The Labute approximate surface area is 235 Å². The molecule has 1 aliphatic rings. The Balaban J connectivity index is 0.000000168. The molecular formula is C35H39BN2Si. The van der Waals surface area contributed by atoms with Crippen LogP contribution in [0.2, 0.25) is 10.9 Å². The summed E-state index contributed by atoms with van der Waals surface area (Å²) in [5.74, 6) is 0.866. The lowest BCUT2D eigenvalue weighted by molar-refractivity contribution is 0.698. The van der Waals surface area contributed by atoms with Crippen LogP contribution < -0.4 is 21.3 Å². The number of hydrogen-bond acceptors (Lipinski definition) is 1. The first-order chi connectivity index (χ1) is 19.0. The van der Waals surface area contributed by atoms with Crippen molar-refractivity contribution >= 4 is 36.1 Å². The van der Waals surface area contributed by atoms with Gasteiger partial charge in [-0.2, -0.15) is 0 Å². The number of imidazole rings is 1. The van der Waals surface area contributed by atoms with Crippen LogP contribution in [-0.2, 0) is 6.17 Å². The van der Waals surface area contributed by atoms with Crippen LogP contribution in [0.1, 0.15) is 33.6 Å². The average Bonchev–Trinajstić information content (AvgIpc) is 3.67. The van der Waals surface area contributed by atoms with Gasteiger partial charge in [0.05, 0.1) is 6.33 Å². The van der Waals surface area contributed by atoms with E-state index in [4.69, 9.17) is 0 Å². The van der Waals surface area contributed by atoms with Gasteiger partial charge in [-0.15, -0.1) is 0 Å². The van der Waals surface area contributed by atoms with E-state index in [2.05, 4.69) is 158 Å². The van der Waals surface area contributed by atoms with Gasteiger partial charge >= 0.3 is 0 Å². The summed E-state index contributed by atoms with van der Waals surface area (Å²) < 4.78 is 2.25. The predicted molar refractivity (Wildman–Crippen MR) is 171 cm³/mol. The SMILES string of the molecule is CC(C)(C)[Si](Cn1ccnc1)(c1ccccc1)c1ccccc1.c1ccc(B(c2ccccc2)C2CC2)cc1. The molecule has 0 atom stereocenters. The normalized spacial score (nSPS) is 13.3. The highest BCUT2D eigenvalue weighted by molar-refractivity contribution is 7.03. The maximum atomic E-state index is 4.26. The summed E-state index contributed by atoms with van der Waals surface area (Å²) in [5.41, 5.74) is 2.94. The molecule has 0 saturated heterocycles. The number of aromatic nitrogens is 2. The molecule has 2 nitrogen and oxygen atoms in total. The maximum Gasteiger partial charge on any atom is 0.212 e. The third-order valence-corrected chi connectivity index (χ3v) is 14.2. The van der Waals surface area contributed by atoms with Crippen molar-refractivity contribution in [2.24, 2.45) is 0 Å². The Morgan fingerprint density at radius 3 is 1.49 bits per heavy atom. The molecule has 39 heavy (non-hydrogen) atoms. The molecule has 0 aliphatic heterocycles. The third kappa shape index (κ3) is 6.18. The second kappa shape index (κ2) is 12.0. The molecule has 1 aliphatic carbocycles. The molecule has 196 valence electrons. The van der Waals surface area contributed by atoms with E-state index in [-0.39, 0.29) is 5.04 Å². The van der Waals surface area contributed by atoms with Gasteiger partial charge in [0.15, 0.2) is 0 Å². The molecule has 0 bridgehead atoms. The van der Waals surface area contributed by atoms with Crippen molar-refractivity contribution in [2.45, 2.75) is 50.6 Å². The third-order valence-electron chi connectivity index (χ3n) is 8.20. The predicted octanol–water partition coefficient (Wildman–Crippen LogP) is 5.95. The van der Waals surface area contributed by atoms with Crippen molar-refractivity contribution in [2.75, 3.05) is 0 Å². The average molecular weight is 527 g/mol. The molecule has 0 spiro atoms. The lowest BCUT2D eigenvalue weighted by atomic mass is 9.37. The van der Waals surface area contributed by atoms with Crippen molar-refractivity contribution < 1.29 is 0 Å².